The highest BCUT2D eigenvalue weighted by Crippen LogP contribution is 2.13. The normalized spacial score (nSPS) is 9.45. The van der Waals surface area contributed by atoms with E-state index in [-0.39, 0.29) is 33.6 Å². The van der Waals surface area contributed by atoms with Gasteiger partial charge in [0.05, 0.1) is 31.2 Å². The summed E-state index contributed by atoms with van der Waals surface area (Å²) in [6.45, 7) is 21.0. The van der Waals surface area contributed by atoms with Crippen molar-refractivity contribution in [3.05, 3.63) is 94.1 Å². The van der Waals surface area contributed by atoms with Gasteiger partial charge in [0.15, 0.2) is 5.92 Å². The molecule has 4 heterocycles. The van der Waals surface area contributed by atoms with Crippen LogP contribution < -0.4 is 16.9 Å². The number of nitrogens with two attached hydrogens (primary N) is 1. The molecule has 4 aromatic heterocycles. The Morgan fingerprint density at radius 3 is 1.53 bits per heavy atom. The predicted molar refractivity (Wildman–Crippen MR) is 204 cm³/mol. The summed E-state index contributed by atoms with van der Waals surface area (Å²) in [4.78, 5) is 71.6. The number of amidine groups is 1. The fourth-order valence-electron chi connectivity index (χ4n) is 3.06. The molecule has 0 bridgehead atoms. The van der Waals surface area contributed by atoms with Crippen LogP contribution in [0.25, 0.3) is 0 Å². The van der Waals surface area contributed by atoms with E-state index in [2.05, 4.69) is 49.3 Å². The molecule has 0 aliphatic rings. The van der Waals surface area contributed by atoms with Gasteiger partial charge in [0.2, 0.25) is 5.88 Å². The molecule has 0 atom stereocenters. The van der Waals surface area contributed by atoms with Crippen LogP contribution in [0.2, 0.25) is 10.3 Å². The van der Waals surface area contributed by atoms with Crippen LogP contribution in [0.15, 0.2) is 15.8 Å². The van der Waals surface area contributed by atoms with Gasteiger partial charge in [-0.15, -0.1) is 0 Å². The number of halogens is 2. The highest BCUT2D eigenvalue weighted by Gasteiger charge is 2.22. The molecule has 292 valence electrons. The lowest BCUT2D eigenvalue weighted by Gasteiger charge is -2.04. The number of nitrogens with zero attached hydrogens (tertiary/aromatic N) is 6. The van der Waals surface area contributed by atoms with Crippen LogP contribution in [-0.2, 0) is 19.1 Å². The molecule has 0 radical (unpaired) electrons. The van der Waals surface area contributed by atoms with Crippen LogP contribution in [-0.4, -0.2) is 77.0 Å². The van der Waals surface area contributed by atoms with Gasteiger partial charge in [0.1, 0.15) is 33.6 Å². The number of ether oxygens (including phenoxy) is 2. The molecule has 0 fully saturated rings. The van der Waals surface area contributed by atoms with E-state index in [0.29, 0.717) is 22.4 Å². The molecule has 0 aliphatic carbocycles. The number of aromatic amines is 2. The lowest BCUT2D eigenvalue weighted by Crippen LogP contribution is -2.23. The van der Waals surface area contributed by atoms with Gasteiger partial charge in [0.25, 0.3) is 11.1 Å². The molecule has 0 spiro atoms. The van der Waals surface area contributed by atoms with Crippen LogP contribution in [0.3, 0.4) is 0 Å². The number of aromatic nitrogens is 8. The fourth-order valence-corrected chi connectivity index (χ4v) is 3.53. The Kier molecular flexibility index (Phi) is 23.3. The van der Waals surface area contributed by atoms with Crippen LogP contribution >= 0.6 is 23.2 Å². The van der Waals surface area contributed by atoms with Crippen molar-refractivity contribution in [2.45, 2.75) is 83.1 Å². The monoisotopic (exact) mass is 780 g/mol. The number of rotatable bonds is 2. The molecular formula is C34H50Cl2N10O7. The topological polar surface area (TPSA) is 266 Å². The van der Waals surface area contributed by atoms with Crippen molar-refractivity contribution in [3.8, 4) is 5.88 Å². The maximum Gasteiger partial charge on any atom is 0.319 e. The van der Waals surface area contributed by atoms with E-state index in [9.17, 15) is 19.2 Å². The second-order valence-corrected chi connectivity index (χ2v) is 11.8. The number of aryl methyl sites for hydroxylation is 7. The quantitative estimate of drug-likeness (QED) is 0.0617. The number of nitrogens with one attached hydrogen (secondary N) is 3. The maximum atomic E-state index is 10.9. The zero-order valence-corrected chi connectivity index (χ0v) is 34.1. The summed E-state index contributed by atoms with van der Waals surface area (Å²) in [5, 5.41) is 16.1. The lowest BCUT2D eigenvalue weighted by molar-refractivity contribution is -0.157. The average molecular weight is 782 g/mol. The van der Waals surface area contributed by atoms with Gasteiger partial charge in [-0.2, -0.15) is 0 Å². The summed E-state index contributed by atoms with van der Waals surface area (Å²) in [6, 6.07) is 0. The molecule has 4 rings (SSSR count). The van der Waals surface area contributed by atoms with E-state index in [1.54, 1.807) is 20.8 Å². The summed E-state index contributed by atoms with van der Waals surface area (Å²) in [5.41, 5.74) is 9.10. The highest BCUT2D eigenvalue weighted by molar-refractivity contribution is 6.30. The highest BCUT2D eigenvalue weighted by atomic mass is 35.5. The van der Waals surface area contributed by atoms with Gasteiger partial charge >= 0.3 is 11.9 Å². The van der Waals surface area contributed by atoms with Gasteiger partial charge in [-0.25, -0.2) is 29.9 Å². The third-order valence-electron chi connectivity index (χ3n) is 6.35. The van der Waals surface area contributed by atoms with Crippen LogP contribution in [0.1, 0.15) is 70.8 Å². The van der Waals surface area contributed by atoms with Crippen molar-refractivity contribution in [3.63, 3.8) is 0 Å². The number of H-pyrrole nitrogens is 2. The van der Waals surface area contributed by atoms with Crippen molar-refractivity contribution < 1.29 is 24.2 Å². The Hall–Kier alpha value is -5.29. The van der Waals surface area contributed by atoms with Crippen molar-refractivity contribution in [2.24, 2.45) is 11.7 Å². The number of carbonyl (C=O) groups is 2. The van der Waals surface area contributed by atoms with Crippen molar-refractivity contribution >= 4 is 41.0 Å². The van der Waals surface area contributed by atoms with E-state index < -0.39 is 17.9 Å². The van der Waals surface area contributed by atoms with Crippen molar-refractivity contribution in [1.29, 1.82) is 5.41 Å². The molecule has 0 amide bonds. The second kappa shape index (κ2) is 24.8. The first kappa shape index (κ1) is 49.8. The van der Waals surface area contributed by atoms with Gasteiger partial charge < -0.3 is 30.3 Å². The summed E-state index contributed by atoms with van der Waals surface area (Å²) < 4.78 is 8.59. The predicted octanol–water partition coefficient (Wildman–Crippen LogP) is 4.50. The largest absolute Gasteiger partial charge is 0.493 e. The van der Waals surface area contributed by atoms with Crippen LogP contribution in [0.5, 0.6) is 5.88 Å². The van der Waals surface area contributed by atoms with Crippen molar-refractivity contribution in [2.75, 3.05) is 14.2 Å². The molecule has 0 saturated carbocycles. The molecule has 53 heavy (non-hydrogen) atoms. The molecule has 6 N–H and O–H groups in total. The minimum atomic E-state index is -0.824. The maximum absolute atomic E-state index is 10.9. The molecule has 0 unspecified atom stereocenters. The third kappa shape index (κ3) is 20.4. The first-order chi connectivity index (χ1) is 24.4. The van der Waals surface area contributed by atoms with E-state index in [0.717, 1.165) is 34.2 Å². The minimum Gasteiger partial charge on any atom is -0.493 e. The molecule has 17 nitrogen and oxygen atoms in total. The molecule has 19 heteroatoms. The number of esters is 2. The van der Waals surface area contributed by atoms with E-state index >= 15 is 0 Å². The first-order valence-corrected chi connectivity index (χ1v) is 16.3. The molecular weight excluding hydrogens is 731 g/mol. The summed E-state index contributed by atoms with van der Waals surface area (Å²) in [6.07, 6.45) is 1.84. The summed E-state index contributed by atoms with van der Waals surface area (Å²) >= 11 is 11.4. The smallest absolute Gasteiger partial charge is 0.319 e. The Balaban J connectivity index is 0. The molecule has 0 aliphatic heterocycles. The Labute approximate surface area is 318 Å². The average Bonchev–Trinajstić information content (AvgIpc) is 3.06. The number of hydrogen-bond acceptors (Lipinski definition) is 14. The third-order valence-corrected chi connectivity index (χ3v) is 7.09. The molecule has 0 aromatic carbocycles. The van der Waals surface area contributed by atoms with Gasteiger partial charge in [-0.3, -0.25) is 24.6 Å². The zero-order chi connectivity index (χ0) is 41.7. The van der Waals surface area contributed by atoms with Gasteiger partial charge in [0, 0.05) is 23.1 Å². The van der Waals surface area contributed by atoms with E-state index in [4.69, 9.17) is 39.5 Å². The molecule has 0 saturated heterocycles. The lowest BCUT2D eigenvalue weighted by atomic mass is 10.2. The SMILES string of the molecule is CC(=N)N.COC(=O)C(C)C(=O)OC.Cc1nc(C)c(C)c(Cl)n1.Cc1nc(Cl)c(C)c(=O)[nH]1.Cc1nc(O)c(C)c(=O)[nH]1.Cc1ncc(C)c(C)n1. The summed E-state index contributed by atoms with van der Waals surface area (Å²) in [5.74, 6) is 0.537. The number of carbonyl (C=O) groups excluding carboxylic acids is 2. The van der Waals surface area contributed by atoms with Crippen LogP contribution in [0.4, 0.5) is 0 Å². The number of hydrogen-bond donors (Lipinski definition) is 5. The van der Waals surface area contributed by atoms with Crippen molar-refractivity contribution in [1.82, 2.24) is 39.9 Å². The minimum absolute atomic E-state index is 0.167. The van der Waals surface area contributed by atoms with Crippen LogP contribution in [0, 0.1) is 80.6 Å². The number of methoxy groups -OCH3 is 2. The zero-order valence-electron chi connectivity index (χ0n) is 32.6. The Bertz CT molecular complexity index is 1840. The Morgan fingerprint density at radius 1 is 0.736 bits per heavy atom. The van der Waals surface area contributed by atoms with Gasteiger partial charge in [-0.1, -0.05) is 23.2 Å². The Morgan fingerprint density at radius 2 is 1.15 bits per heavy atom. The fraction of sp³-hybridized carbons (Fsp3) is 0.441. The first-order valence-electron chi connectivity index (χ1n) is 15.6. The second-order valence-electron chi connectivity index (χ2n) is 11.1. The van der Waals surface area contributed by atoms with E-state index in [1.165, 1.54) is 35.0 Å². The summed E-state index contributed by atoms with van der Waals surface area (Å²) in [7, 11) is 2.45. The van der Waals surface area contributed by atoms with E-state index in [1.807, 2.05) is 47.7 Å². The standard InChI is InChI=1S/C7H9ClN2.C7H10N2.C6H7ClN2O.C6H8N2O2.C6H10O4.C2H6N2/c1-4-5(2)9-6(3)10-7(4)8;1-5-4-8-7(3)9-6(5)2;1-3-5(7)8-4(2)9-6(3)10;1-3-5(9)7-4(2)8-6(3)10;1-4(5(7)9-2)6(8)10-3;1-2(3)4/h1-3H3;4H,1-3H3;1-2H3,(H,8,9,10);1-2H3,(H2,7,8,9,10);4H,1-3H3;1H3,(H3,3,4). The van der Waals surface area contributed by atoms with Gasteiger partial charge in [-0.05, 0) is 88.6 Å². The molecule has 4 aromatic rings. The number of aromatic hydroxyl groups is 1.